The van der Waals surface area contributed by atoms with Gasteiger partial charge in [-0.3, -0.25) is 9.63 Å². The summed E-state index contributed by atoms with van der Waals surface area (Å²) < 4.78 is 5.25. The van der Waals surface area contributed by atoms with Crippen LogP contribution in [0, 0.1) is 20.8 Å². The van der Waals surface area contributed by atoms with Gasteiger partial charge >= 0.3 is 0 Å². The Morgan fingerprint density at radius 2 is 2.09 bits per heavy atom. The molecule has 0 aliphatic carbocycles. The summed E-state index contributed by atoms with van der Waals surface area (Å²) in [6, 6.07) is 3.80. The van der Waals surface area contributed by atoms with Crippen LogP contribution in [0.25, 0.3) is 22.4 Å². The van der Waals surface area contributed by atoms with E-state index in [1.165, 1.54) is 12.0 Å². The van der Waals surface area contributed by atoms with Gasteiger partial charge in [-0.25, -0.2) is 10.5 Å². The van der Waals surface area contributed by atoms with Crippen LogP contribution in [0.15, 0.2) is 16.7 Å². The lowest BCUT2D eigenvalue weighted by atomic mass is 10.1. The minimum atomic E-state index is -0.355. The number of aromatic nitrogens is 2. The van der Waals surface area contributed by atoms with Crippen LogP contribution in [0.3, 0.4) is 0 Å². The van der Waals surface area contributed by atoms with E-state index in [9.17, 15) is 4.79 Å². The third kappa shape index (κ3) is 2.38. The van der Waals surface area contributed by atoms with Crippen LogP contribution in [0.2, 0.25) is 0 Å². The molecule has 3 aromatic heterocycles. The molecule has 22 heavy (non-hydrogen) atoms. The highest BCUT2D eigenvalue weighted by Gasteiger charge is 2.20. The molecular formula is C15H15N3O3S. The zero-order chi connectivity index (χ0) is 15.9. The highest BCUT2D eigenvalue weighted by Crippen LogP contribution is 2.32. The van der Waals surface area contributed by atoms with Gasteiger partial charge in [-0.2, -0.15) is 0 Å². The van der Waals surface area contributed by atoms with Crippen LogP contribution < -0.4 is 5.48 Å². The van der Waals surface area contributed by atoms with Crippen LogP contribution in [-0.2, 0) is 4.84 Å². The van der Waals surface area contributed by atoms with Gasteiger partial charge in [-0.1, -0.05) is 5.16 Å². The fraction of sp³-hybridized carbons (Fsp3) is 0.267. The van der Waals surface area contributed by atoms with Crippen LogP contribution >= 0.6 is 11.3 Å². The van der Waals surface area contributed by atoms with E-state index in [1.807, 2.05) is 13.8 Å². The van der Waals surface area contributed by atoms with E-state index in [0.29, 0.717) is 28.1 Å². The average Bonchev–Trinajstić information content (AvgIpc) is 3.01. The molecule has 0 aromatic carbocycles. The van der Waals surface area contributed by atoms with E-state index in [-0.39, 0.29) is 5.91 Å². The molecule has 0 saturated heterocycles. The molecule has 1 amide bonds. The van der Waals surface area contributed by atoms with Crippen molar-refractivity contribution in [1.29, 1.82) is 0 Å². The van der Waals surface area contributed by atoms with Gasteiger partial charge in [0.1, 0.15) is 0 Å². The lowest BCUT2D eigenvalue weighted by Crippen LogP contribution is -2.22. The number of pyridine rings is 1. The predicted molar refractivity (Wildman–Crippen MR) is 83.8 cm³/mol. The molecule has 0 atom stereocenters. The smallest absolute Gasteiger partial charge is 0.275 e. The van der Waals surface area contributed by atoms with Crippen molar-refractivity contribution in [3.05, 3.63) is 33.1 Å². The van der Waals surface area contributed by atoms with E-state index < -0.39 is 0 Å². The Labute approximate surface area is 131 Å². The molecule has 0 fully saturated rings. The maximum absolute atomic E-state index is 12.3. The standard InChI is InChI=1S/C15H15N3O3S/c1-7-5-10(9(3)22-7)12-6-11(14(19)18-20-4)13-8(2)17-21-15(13)16-12/h5-6H,1-4H3,(H,18,19). The molecule has 0 aliphatic heterocycles. The van der Waals surface area contributed by atoms with E-state index >= 15 is 0 Å². The quantitative estimate of drug-likeness (QED) is 0.751. The first-order valence-electron chi connectivity index (χ1n) is 6.69. The summed E-state index contributed by atoms with van der Waals surface area (Å²) in [6.07, 6.45) is 0. The van der Waals surface area contributed by atoms with E-state index in [2.05, 4.69) is 21.7 Å². The van der Waals surface area contributed by atoms with Crippen molar-refractivity contribution in [2.75, 3.05) is 7.11 Å². The summed E-state index contributed by atoms with van der Waals surface area (Å²) >= 11 is 1.69. The number of carbonyl (C=O) groups excluding carboxylic acids is 1. The van der Waals surface area contributed by atoms with Gasteiger partial charge in [0, 0.05) is 15.3 Å². The molecular weight excluding hydrogens is 302 g/mol. The first kappa shape index (κ1) is 14.7. The first-order chi connectivity index (χ1) is 10.5. The topological polar surface area (TPSA) is 77.2 Å². The molecule has 3 rings (SSSR count). The predicted octanol–water partition coefficient (Wildman–Crippen LogP) is 3.17. The third-order valence-corrected chi connectivity index (χ3v) is 4.34. The molecule has 1 N–H and O–H groups in total. The summed E-state index contributed by atoms with van der Waals surface area (Å²) in [5.74, 6) is -0.355. The summed E-state index contributed by atoms with van der Waals surface area (Å²) in [7, 11) is 1.39. The van der Waals surface area contributed by atoms with Crippen molar-refractivity contribution in [1.82, 2.24) is 15.6 Å². The Morgan fingerprint density at radius 3 is 2.73 bits per heavy atom. The van der Waals surface area contributed by atoms with Gasteiger partial charge in [-0.15, -0.1) is 11.3 Å². The summed E-state index contributed by atoms with van der Waals surface area (Å²) in [5, 5.41) is 4.51. The fourth-order valence-corrected chi connectivity index (χ4v) is 3.38. The van der Waals surface area contributed by atoms with Crippen molar-refractivity contribution < 1.29 is 14.2 Å². The number of thiophene rings is 1. The molecule has 3 heterocycles. The molecule has 6 nitrogen and oxygen atoms in total. The third-order valence-electron chi connectivity index (χ3n) is 3.37. The number of amides is 1. The average molecular weight is 317 g/mol. The largest absolute Gasteiger partial charge is 0.335 e. The first-order valence-corrected chi connectivity index (χ1v) is 7.50. The van der Waals surface area contributed by atoms with Crippen LogP contribution in [0.1, 0.15) is 25.8 Å². The van der Waals surface area contributed by atoms with Crippen molar-refractivity contribution in [3.63, 3.8) is 0 Å². The molecule has 0 unspecified atom stereocenters. The maximum Gasteiger partial charge on any atom is 0.275 e. The number of rotatable bonds is 3. The van der Waals surface area contributed by atoms with Crippen LogP contribution in [-0.4, -0.2) is 23.2 Å². The minimum absolute atomic E-state index is 0.347. The van der Waals surface area contributed by atoms with E-state index in [0.717, 1.165) is 10.4 Å². The number of hydroxylamine groups is 1. The normalized spacial score (nSPS) is 11.1. The highest BCUT2D eigenvalue weighted by molar-refractivity contribution is 7.12. The Balaban J connectivity index is 2.25. The minimum Gasteiger partial charge on any atom is -0.335 e. The molecule has 114 valence electrons. The highest BCUT2D eigenvalue weighted by atomic mass is 32.1. The number of carbonyl (C=O) groups is 1. The molecule has 7 heteroatoms. The molecule has 0 radical (unpaired) electrons. The van der Waals surface area contributed by atoms with Crippen molar-refractivity contribution in [2.24, 2.45) is 0 Å². The second-order valence-electron chi connectivity index (χ2n) is 4.97. The molecule has 0 aliphatic rings. The Kier molecular flexibility index (Phi) is 3.67. The number of hydrogen-bond acceptors (Lipinski definition) is 6. The Hall–Kier alpha value is -2.25. The number of hydrogen-bond donors (Lipinski definition) is 1. The Morgan fingerprint density at radius 1 is 1.32 bits per heavy atom. The second kappa shape index (κ2) is 5.51. The number of nitrogens with one attached hydrogen (secondary N) is 1. The molecule has 0 bridgehead atoms. The monoisotopic (exact) mass is 317 g/mol. The van der Waals surface area contributed by atoms with Crippen LogP contribution in [0.4, 0.5) is 0 Å². The molecule has 0 spiro atoms. The summed E-state index contributed by atoms with van der Waals surface area (Å²) in [6.45, 7) is 5.84. The van der Waals surface area contributed by atoms with Crippen LogP contribution in [0.5, 0.6) is 0 Å². The lowest BCUT2D eigenvalue weighted by Gasteiger charge is -2.06. The maximum atomic E-state index is 12.3. The lowest BCUT2D eigenvalue weighted by molar-refractivity contribution is 0.0539. The SMILES string of the molecule is CONC(=O)c1cc(-c2cc(C)sc2C)nc2onc(C)c12. The van der Waals surface area contributed by atoms with Gasteiger partial charge in [0.05, 0.1) is 29.4 Å². The van der Waals surface area contributed by atoms with Gasteiger partial charge in [-0.05, 0) is 32.9 Å². The summed E-state index contributed by atoms with van der Waals surface area (Å²) in [5.41, 5.74) is 5.41. The fourth-order valence-electron chi connectivity index (χ4n) is 2.44. The molecule has 3 aromatic rings. The second-order valence-corrected chi connectivity index (χ2v) is 6.43. The zero-order valence-electron chi connectivity index (χ0n) is 12.7. The van der Waals surface area contributed by atoms with Gasteiger partial charge in [0.2, 0.25) is 0 Å². The number of aryl methyl sites for hydroxylation is 3. The molecule has 0 saturated carbocycles. The van der Waals surface area contributed by atoms with Gasteiger partial charge in [0.15, 0.2) is 0 Å². The Bertz CT molecular complexity index is 866. The van der Waals surface area contributed by atoms with Gasteiger partial charge < -0.3 is 4.52 Å². The summed E-state index contributed by atoms with van der Waals surface area (Å²) in [4.78, 5) is 23.8. The number of nitrogens with zero attached hydrogens (tertiary/aromatic N) is 2. The number of fused-ring (bicyclic) bond motifs is 1. The van der Waals surface area contributed by atoms with Crippen molar-refractivity contribution in [3.8, 4) is 11.3 Å². The van der Waals surface area contributed by atoms with Crippen molar-refractivity contribution >= 4 is 28.3 Å². The van der Waals surface area contributed by atoms with Gasteiger partial charge in [0.25, 0.3) is 11.6 Å². The zero-order valence-corrected chi connectivity index (χ0v) is 13.5. The van der Waals surface area contributed by atoms with E-state index in [1.54, 1.807) is 24.3 Å². The van der Waals surface area contributed by atoms with Crippen molar-refractivity contribution in [2.45, 2.75) is 20.8 Å². The van der Waals surface area contributed by atoms with E-state index in [4.69, 9.17) is 9.36 Å².